The summed E-state index contributed by atoms with van der Waals surface area (Å²) in [6.45, 7) is 1.34. The highest BCUT2D eigenvalue weighted by Gasteiger charge is 2.22. The van der Waals surface area contributed by atoms with Crippen molar-refractivity contribution in [2.24, 2.45) is 0 Å². The molecule has 1 aromatic rings. The molecule has 1 aromatic carbocycles. The number of aromatic hydroxyl groups is 1. The summed E-state index contributed by atoms with van der Waals surface area (Å²) in [6.07, 6.45) is 1.79. The first kappa shape index (κ1) is 12.1. The molecule has 1 saturated heterocycles. The molecule has 2 aliphatic heterocycles. The van der Waals surface area contributed by atoms with E-state index in [9.17, 15) is 9.90 Å². The molecule has 0 aliphatic carbocycles. The zero-order valence-electron chi connectivity index (χ0n) is 10.4. The maximum Gasteiger partial charge on any atom is 0.237 e. The predicted octanol–water partition coefficient (Wildman–Crippen LogP) is 0.489. The van der Waals surface area contributed by atoms with E-state index in [1.165, 1.54) is 0 Å². The summed E-state index contributed by atoms with van der Waals surface area (Å²) in [5.41, 5.74) is 0.697. The highest BCUT2D eigenvalue weighted by molar-refractivity contribution is 5.82. The van der Waals surface area contributed by atoms with Crippen molar-refractivity contribution < 1.29 is 19.4 Å². The number of piperidine rings is 1. The van der Waals surface area contributed by atoms with Gasteiger partial charge in [0.1, 0.15) is 5.75 Å². The van der Waals surface area contributed by atoms with Crippen molar-refractivity contribution in [1.82, 2.24) is 10.6 Å². The molecule has 0 spiro atoms. The van der Waals surface area contributed by atoms with Crippen molar-refractivity contribution in [1.29, 1.82) is 0 Å². The van der Waals surface area contributed by atoms with Crippen LogP contribution in [0.1, 0.15) is 18.4 Å². The minimum Gasteiger partial charge on any atom is -0.507 e. The van der Waals surface area contributed by atoms with Crippen molar-refractivity contribution in [2.75, 3.05) is 13.3 Å². The fraction of sp³-hybridized carbons (Fsp3) is 0.462. The van der Waals surface area contributed by atoms with Crippen molar-refractivity contribution in [3.05, 3.63) is 17.7 Å². The standard InChI is InChI=1S/C13H16N2O4/c16-10-5-12-11(18-7-19-12)4-8(10)6-15-9-2-1-3-14-13(9)17/h4-5,9,15-16H,1-3,6-7H2,(H,14,17). The fourth-order valence-corrected chi connectivity index (χ4v) is 2.31. The Bertz CT molecular complexity index is 504. The van der Waals surface area contributed by atoms with E-state index in [1.54, 1.807) is 12.1 Å². The van der Waals surface area contributed by atoms with Crippen LogP contribution >= 0.6 is 0 Å². The predicted molar refractivity (Wildman–Crippen MR) is 67.1 cm³/mol. The van der Waals surface area contributed by atoms with E-state index < -0.39 is 0 Å². The highest BCUT2D eigenvalue weighted by atomic mass is 16.7. The van der Waals surface area contributed by atoms with E-state index in [4.69, 9.17) is 9.47 Å². The van der Waals surface area contributed by atoms with E-state index in [-0.39, 0.29) is 24.5 Å². The summed E-state index contributed by atoms with van der Waals surface area (Å²) in [5, 5.41) is 15.9. The highest BCUT2D eigenvalue weighted by Crippen LogP contribution is 2.37. The molecule has 102 valence electrons. The molecule has 6 heteroatoms. The summed E-state index contributed by atoms with van der Waals surface area (Å²) in [4.78, 5) is 11.6. The number of ether oxygens (including phenoxy) is 2. The molecule has 6 nitrogen and oxygen atoms in total. The van der Waals surface area contributed by atoms with Gasteiger partial charge in [0, 0.05) is 24.7 Å². The van der Waals surface area contributed by atoms with Crippen LogP contribution in [0.4, 0.5) is 0 Å². The van der Waals surface area contributed by atoms with Crippen LogP contribution in [0.3, 0.4) is 0 Å². The van der Waals surface area contributed by atoms with Gasteiger partial charge in [-0.05, 0) is 18.9 Å². The van der Waals surface area contributed by atoms with Gasteiger partial charge in [0.25, 0.3) is 0 Å². The first-order valence-electron chi connectivity index (χ1n) is 6.36. The van der Waals surface area contributed by atoms with Crippen LogP contribution in [0.2, 0.25) is 0 Å². The molecule has 1 fully saturated rings. The van der Waals surface area contributed by atoms with Crippen LogP contribution < -0.4 is 20.1 Å². The van der Waals surface area contributed by atoms with Gasteiger partial charge in [-0.2, -0.15) is 0 Å². The SMILES string of the molecule is O=C1NCCCC1NCc1cc2c(cc1O)OCO2. The minimum atomic E-state index is -0.196. The quantitative estimate of drug-likeness (QED) is 0.740. The normalized spacial score (nSPS) is 21.3. The molecule has 1 atom stereocenters. The van der Waals surface area contributed by atoms with Crippen LogP contribution in [0.25, 0.3) is 0 Å². The van der Waals surface area contributed by atoms with Crippen LogP contribution in [-0.4, -0.2) is 30.4 Å². The molecule has 0 bridgehead atoms. The second-order valence-corrected chi connectivity index (χ2v) is 4.70. The van der Waals surface area contributed by atoms with E-state index in [0.29, 0.717) is 23.6 Å². The number of carbonyl (C=O) groups excluding carboxylic acids is 1. The topological polar surface area (TPSA) is 79.8 Å². The Labute approximate surface area is 110 Å². The Morgan fingerprint density at radius 1 is 1.37 bits per heavy atom. The fourth-order valence-electron chi connectivity index (χ4n) is 2.31. The molecule has 2 heterocycles. The number of benzene rings is 1. The zero-order valence-corrected chi connectivity index (χ0v) is 10.4. The number of hydrogen-bond donors (Lipinski definition) is 3. The lowest BCUT2D eigenvalue weighted by atomic mass is 10.1. The third kappa shape index (κ3) is 2.44. The average Bonchev–Trinajstić information content (AvgIpc) is 2.84. The lowest BCUT2D eigenvalue weighted by molar-refractivity contribution is -0.124. The van der Waals surface area contributed by atoms with Gasteiger partial charge in [-0.25, -0.2) is 0 Å². The maximum atomic E-state index is 11.6. The molecule has 1 unspecified atom stereocenters. The van der Waals surface area contributed by atoms with Gasteiger partial charge in [0.05, 0.1) is 6.04 Å². The molecule has 0 aromatic heterocycles. The average molecular weight is 264 g/mol. The van der Waals surface area contributed by atoms with E-state index in [1.807, 2.05) is 0 Å². The molecule has 0 saturated carbocycles. The number of fused-ring (bicyclic) bond motifs is 1. The van der Waals surface area contributed by atoms with Crippen molar-refractivity contribution in [2.45, 2.75) is 25.4 Å². The molecule has 0 radical (unpaired) electrons. The van der Waals surface area contributed by atoms with Gasteiger partial charge in [-0.1, -0.05) is 0 Å². The lowest BCUT2D eigenvalue weighted by Gasteiger charge is -2.23. The Hall–Kier alpha value is -1.95. The first-order chi connectivity index (χ1) is 9.24. The lowest BCUT2D eigenvalue weighted by Crippen LogP contribution is -2.47. The number of hydrogen-bond acceptors (Lipinski definition) is 5. The second-order valence-electron chi connectivity index (χ2n) is 4.70. The summed E-state index contributed by atoms with van der Waals surface area (Å²) in [5.74, 6) is 1.35. The van der Waals surface area contributed by atoms with Gasteiger partial charge >= 0.3 is 0 Å². The number of rotatable bonds is 3. The zero-order chi connectivity index (χ0) is 13.2. The van der Waals surface area contributed by atoms with E-state index in [2.05, 4.69) is 10.6 Å². The Kier molecular flexibility index (Phi) is 3.16. The van der Waals surface area contributed by atoms with Crippen LogP contribution in [0, 0.1) is 0 Å². The monoisotopic (exact) mass is 264 g/mol. The summed E-state index contributed by atoms with van der Waals surface area (Å²) >= 11 is 0. The summed E-state index contributed by atoms with van der Waals surface area (Å²) in [7, 11) is 0. The third-order valence-electron chi connectivity index (χ3n) is 3.40. The number of phenols is 1. The van der Waals surface area contributed by atoms with E-state index >= 15 is 0 Å². The van der Waals surface area contributed by atoms with Gasteiger partial charge in [-0.15, -0.1) is 0 Å². The Morgan fingerprint density at radius 2 is 2.16 bits per heavy atom. The van der Waals surface area contributed by atoms with Gasteiger partial charge < -0.3 is 25.2 Å². The number of carbonyl (C=O) groups is 1. The molecule has 1 amide bonds. The maximum absolute atomic E-state index is 11.6. The molecule has 2 aliphatic rings. The molecular formula is C13H16N2O4. The first-order valence-corrected chi connectivity index (χ1v) is 6.36. The minimum absolute atomic E-state index is 0.0199. The molecular weight excluding hydrogens is 248 g/mol. The van der Waals surface area contributed by atoms with Gasteiger partial charge in [-0.3, -0.25) is 4.79 Å². The van der Waals surface area contributed by atoms with Crippen molar-refractivity contribution in [3.8, 4) is 17.2 Å². The van der Waals surface area contributed by atoms with Gasteiger partial charge in [0.15, 0.2) is 11.5 Å². The molecule has 3 rings (SSSR count). The van der Waals surface area contributed by atoms with Crippen molar-refractivity contribution in [3.63, 3.8) is 0 Å². The molecule has 3 N–H and O–H groups in total. The van der Waals surface area contributed by atoms with Crippen LogP contribution in [-0.2, 0) is 11.3 Å². The summed E-state index contributed by atoms with van der Waals surface area (Å²) < 4.78 is 10.4. The number of amides is 1. The number of phenolic OH excluding ortho intramolecular Hbond substituents is 1. The molecule has 19 heavy (non-hydrogen) atoms. The van der Waals surface area contributed by atoms with Crippen molar-refractivity contribution >= 4 is 5.91 Å². The Morgan fingerprint density at radius 3 is 2.95 bits per heavy atom. The Balaban J connectivity index is 1.68. The largest absolute Gasteiger partial charge is 0.507 e. The van der Waals surface area contributed by atoms with Crippen LogP contribution in [0.5, 0.6) is 17.2 Å². The van der Waals surface area contributed by atoms with E-state index in [0.717, 1.165) is 19.4 Å². The number of nitrogens with one attached hydrogen (secondary N) is 2. The smallest absolute Gasteiger partial charge is 0.237 e. The third-order valence-corrected chi connectivity index (χ3v) is 3.40. The second kappa shape index (κ2) is 4.97. The van der Waals surface area contributed by atoms with Crippen LogP contribution in [0.15, 0.2) is 12.1 Å². The van der Waals surface area contributed by atoms with Gasteiger partial charge in [0.2, 0.25) is 12.7 Å². The summed E-state index contributed by atoms with van der Waals surface area (Å²) in [6, 6.07) is 3.09.